The molecule has 0 bridgehead atoms. The number of hydrogen-bond acceptors (Lipinski definition) is 6. The Kier molecular flexibility index (Phi) is 8.48. The first kappa shape index (κ1) is 23.1. The smallest absolute Gasteiger partial charge is 0.407 e. The lowest BCUT2D eigenvalue weighted by Gasteiger charge is -2.20. The van der Waals surface area contributed by atoms with Gasteiger partial charge in [-0.25, -0.2) is 4.79 Å². The fraction of sp³-hybridized carbons (Fsp3) is 0.240. The van der Waals surface area contributed by atoms with Crippen LogP contribution in [0.25, 0.3) is 0 Å². The van der Waals surface area contributed by atoms with Gasteiger partial charge in [0.15, 0.2) is 11.5 Å². The van der Waals surface area contributed by atoms with Crippen LogP contribution in [0.15, 0.2) is 78.9 Å². The van der Waals surface area contributed by atoms with Gasteiger partial charge in [-0.2, -0.15) is 0 Å². The van der Waals surface area contributed by atoms with Gasteiger partial charge in [0.1, 0.15) is 25.4 Å². The Balaban J connectivity index is 1.51. The van der Waals surface area contributed by atoms with Crippen molar-refractivity contribution in [3.05, 3.63) is 95.6 Å². The summed E-state index contributed by atoms with van der Waals surface area (Å²) in [5.41, 5.74) is 2.30. The standard InChI is InChI=1S/C25H27NO6/c1-30-23-14-20(12-13-22(23)31-16-18-8-4-2-5-9-18)24(28)21(27)15-26-25(29)32-17-19-10-6-3-7-11-19/h2-14,21,24,27-28H,15-17H2,1H3,(H,26,29). The molecule has 0 fully saturated rings. The van der Waals surface area contributed by atoms with Gasteiger partial charge in [-0.3, -0.25) is 0 Å². The molecule has 0 aliphatic rings. The lowest BCUT2D eigenvalue weighted by atomic mass is 10.0. The molecule has 0 radical (unpaired) electrons. The largest absolute Gasteiger partial charge is 0.493 e. The van der Waals surface area contributed by atoms with E-state index in [-0.39, 0.29) is 13.2 Å². The van der Waals surface area contributed by atoms with Crippen LogP contribution in [-0.4, -0.2) is 36.1 Å². The molecular formula is C25H27NO6. The number of ether oxygens (including phenoxy) is 3. The summed E-state index contributed by atoms with van der Waals surface area (Å²) >= 11 is 0. The van der Waals surface area contributed by atoms with Crippen molar-refractivity contribution in [2.24, 2.45) is 0 Å². The van der Waals surface area contributed by atoms with E-state index in [2.05, 4.69) is 5.32 Å². The van der Waals surface area contributed by atoms with Gasteiger partial charge in [0.25, 0.3) is 0 Å². The summed E-state index contributed by atoms with van der Waals surface area (Å²) in [6, 6.07) is 23.9. The number of amides is 1. The van der Waals surface area contributed by atoms with E-state index in [9.17, 15) is 15.0 Å². The molecule has 1 amide bonds. The van der Waals surface area contributed by atoms with Crippen LogP contribution in [0.1, 0.15) is 22.8 Å². The average Bonchev–Trinajstić information content (AvgIpc) is 2.85. The van der Waals surface area contributed by atoms with Gasteiger partial charge in [0.05, 0.1) is 7.11 Å². The van der Waals surface area contributed by atoms with E-state index in [1.54, 1.807) is 18.2 Å². The second kappa shape index (κ2) is 11.7. The van der Waals surface area contributed by atoms with Crippen LogP contribution < -0.4 is 14.8 Å². The highest BCUT2D eigenvalue weighted by Crippen LogP contribution is 2.31. The zero-order chi connectivity index (χ0) is 22.8. The quantitative estimate of drug-likeness (QED) is 0.449. The van der Waals surface area contributed by atoms with Crippen molar-refractivity contribution in [2.75, 3.05) is 13.7 Å². The Labute approximate surface area is 187 Å². The SMILES string of the molecule is COc1cc(C(O)C(O)CNC(=O)OCc2ccccc2)ccc1OCc1ccccc1. The van der Waals surface area contributed by atoms with Crippen molar-refractivity contribution in [1.82, 2.24) is 5.32 Å². The van der Waals surface area contributed by atoms with E-state index in [0.717, 1.165) is 11.1 Å². The van der Waals surface area contributed by atoms with Crippen LogP contribution in [0, 0.1) is 0 Å². The number of hydrogen-bond donors (Lipinski definition) is 3. The van der Waals surface area contributed by atoms with E-state index >= 15 is 0 Å². The summed E-state index contributed by atoms with van der Waals surface area (Å²) in [7, 11) is 1.50. The molecule has 3 N–H and O–H groups in total. The summed E-state index contributed by atoms with van der Waals surface area (Å²) in [6.45, 7) is 0.313. The number of methoxy groups -OCH3 is 1. The van der Waals surface area contributed by atoms with Crippen LogP contribution in [0.3, 0.4) is 0 Å². The summed E-state index contributed by atoms with van der Waals surface area (Å²) in [6.07, 6.45) is -3.15. The highest BCUT2D eigenvalue weighted by molar-refractivity contribution is 5.67. The van der Waals surface area contributed by atoms with Crippen LogP contribution in [0.2, 0.25) is 0 Å². The molecule has 0 saturated carbocycles. The number of nitrogens with one attached hydrogen (secondary N) is 1. The molecule has 0 heterocycles. The van der Waals surface area contributed by atoms with Crippen LogP contribution >= 0.6 is 0 Å². The molecule has 7 heteroatoms. The lowest BCUT2D eigenvalue weighted by molar-refractivity contribution is 0.0182. The first-order chi connectivity index (χ1) is 15.6. The Morgan fingerprint density at radius 2 is 1.50 bits per heavy atom. The van der Waals surface area contributed by atoms with Crippen molar-refractivity contribution in [3.8, 4) is 11.5 Å². The van der Waals surface area contributed by atoms with Crippen molar-refractivity contribution < 1.29 is 29.2 Å². The highest BCUT2D eigenvalue weighted by Gasteiger charge is 2.21. The molecule has 168 valence electrons. The highest BCUT2D eigenvalue weighted by atomic mass is 16.5. The molecule has 32 heavy (non-hydrogen) atoms. The monoisotopic (exact) mass is 437 g/mol. The molecule has 3 aromatic carbocycles. The zero-order valence-corrected chi connectivity index (χ0v) is 17.8. The van der Waals surface area contributed by atoms with Gasteiger partial charge in [-0.05, 0) is 28.8 Å². The predicted octanol–water partition coefficient (Wildman–Crippen LogP) is 3.59. The molecule has 0 aliphatic carbocycles. The van der Waals surface area contributed by atoms with E-state index in [4.69, 9.17) is 14.2 Å². The van der Waals surface area contributed by atoms with Gasteiger partial charge in [0.2, 0.25) is 0 Å². The van der Waals surface area contributed by atoms with Gasteiger partial charge in [0, 0.05) is 6.54 Å². The second-order valence-electron chi connectivity index (χ2n) is 7.14. The second-order valence-corrected chi connectivity index (χ2v) is 7.14. The minimum atomic E-state index is -1.24. The number of carbonyl (C=O) groups excluding carboxylic acids is 1. The predicted molar refractivity (Wildman–Crippen MR) is 119 cm³/mol. The average molecular weight is 437 g/mol. The Morgan fingerprint density at radius 3 is 2.12 bits per heavy atom. The fourth-order valence-electron chi connectivity index (χ4n) is 3.02. The Morgan fingerprint density at radius 1 is 0.875 bits per heavy atom. The van der Waals surface area contributed by atoms with Gasteiger partial charge in [-0.15, -0.1) is 0 Å². The summed E-state index contributed by atoms with van der Waals surface area (Å²) in [5, 5.41) is 23.2. The molecule has 0 aromatic heterocycles. The molecule has 7 nitrogen and oxygen atoms in total. The molecule has 0 aliphatic heterocycles. The maximum atomic E-state index is 11.9. The fourth-order valence-corrected chi connectivity index (χ4v) is 3.02. The number of rotatable bonds is 10. The number of carbonyl (C=O) groups is 1. The lowest BCUT2D eigenvalue weighted by Crippen LogP contribution is -2.35. The summed E-state index contributed by atoms with van der Waals surface area (Å²) in [4.78, 5) is 11.9. The van der Waals surface area contributed by atoms with Crippen LogP contribution in [0.4, 0.5) is 4.79 Å². The van der Waals surface area contributed by atoms with Gasteiger partial charge >= 0.3 is 6.09 Å². The van der Waals surface area contributed by atoms with Gasteiger partial charge < -0.3 is 29.7 Å². The third-order valence-electron chi connectivity index (χ3n) is 4.80. The topological polar surface area (TPSA) is 97.2 Å². The normalized spacial score (nSPS) is 12.5. The van der Waals surface area contributed by atoms with E-state index in [1.165, 1.54) is 7.11 Å². The van der Waals surface area contributed by atoms with E-state index < -0.39 is 18.3 Å². The summed E-state index contributed by atoms with van der Waals surface area (Å²) < 4.78 is 16.3. The van der Waals surface area contributed by atoms with Crippen LogP contribution in [-0.2, 0) is 18.0 Å². The molecule has 2 unspecified atom stereocenters. The zero-order valence-electron chi connectivity index (χ0n) is 17.8. The van der Waals surface area contributed by atoms with Crippen molar-refractivity contribution in [1.29, 1.82) is 0 Å². The molecule has 0 saturated heterocycles. The minimum Gasteiger partial charge on any atom is -0.493 e. The molecule has 3 aromatic rings. The van der Waals surface area contributed by atoms with Crippen molar-refractivity contribution in [3.63, 3.8) is 0 Å². The maximum Gasteiger partial charge on any atom is 0.407 e. The number of benzene rings is 3. The Bertz CT molecular complexity index is 980. The first-order valence-corrected chi connectivity index (χ1v) is 10.2. The molecular weight excluding hydrogens is 410 g/mol. The molecule has 2 atom stereocenters. The number of aliphatic hydroxyl groups is 2. The Hall–Kier alpha value is -3.55. The van der Waals surface area contributed by atoms with Crippen molar-refractivity contribution >= 4 is 6.09 Å². The summed E-state index contributed by atoms with van der Waals surface area (Å²) in [5.74, 6) is 0.948. The van der Waals surface area contributed by atoms with E-state index in [0.29, 0.717) is 23.7 Å². The maximum absolute atomic E-state index is 11.9. The third kappa shape index (κ3) is 6.73. The van der Waals surface area contributed by atoms with Crippen molar-refractivity contribution in [2.45, 2.75) is 25.4 Å². The molecule has 0 spiro atoms. The third-order valence-corrected chi connectivity index (χ3v) is 4.80. The first-order valence-electron chi connectivity index (χ1n) is 10.2. The minimum absolute atomic E-state index is 0.118. The van der Waals surface area contributed by atoms with Crippen LogP contribution in [0.5, 0.6) is 11.5 Å². The number of alkyl carbamates (subject to hydrolysis) is 1. The van der Waals surface area contributed by atoms with E-state index in [1.807, 2.05) is 60.7 Å². The molecule has 3 rings (SSSR count). The van der Waals surface area contributed by atoms with Gasteiger partial charge in [-0.1, -0.05) is 66.7 Å². The number of aliphatic hydroxyl groups excluding tert-OH is 2.